The number of thioether (sulfide) groups is 1. The van der Waals surface area contributed by atoms with Gasteiger partial charge in [0.1, 0.15) is 5.52 Å². The summed E-state index contributed by atoms with van der Waals surface area (Å²) in [6.45, 7) is 0.327. The van der Waals surface area contributed by atoms with Crippen LogP contribution in [0.3, 0.4) is 0 Å². The Morgan fingerprint density at radius 1 is 1.13 bits per heavy atom. The van der Waals surface area contributed by atoms with Crippen LogP contribution in [-0.4, -0.2) is 47.5 Å². The molecule has 0 unspecified atom stereocenters. The van der Waals surface area contributed by atoms with E-state index in [2.05, 4.69) is 25.8 Å². The zero-order valence-corrected chi connectivity index (χ0v) is 18.0. The molecule has 4 rings (SSSR count). The quantitative estimate of drug-likeness (QED) is 0.428. The van der Waals surface area contributed by atoms with Crippen molar-refractivity contribution in [3.63, 3.8) is 0 Å². The highest BCUT2D eigenvalue weighted by molar-refractivity contribution is 7.98. The van der Waals surface area contributed by atoms with Crippen molar-refractivity contribution in [2.24, 2.45) is 0 Å². The number of amides is 1. The fourth-order valence-electron chi connectivity index (χ4n) is 3.42. The van der Waals surface area contributed by atoms with Crippen LogP contribution in [-0.2, 0) is 11.3 Å². The highest BCUT2D eigenvalue weighted by Gasteiger charge is 2.20. The monoisotopic (exact) mass is 437 g/mol. The number of nitrogens with zero attached hydrogens (tertiary/aromatic N) is 6. The van der Waals surface area contributed by atoms with Gasteiger partial charge in [-0.1, -0.05) is 23.4 Å². The number of carbonyl (C=O) groups is 1. The summed E-state index contributed by atoms with van der Waals surface area (Å²) < 4.78 is 3.21. The van der Waals surface area contributed by atoms with Gasteiger partial charge in [-0.2, -0.15) is 11.8 Å². The Bertz CT molecular complexity index is 1250. The summed E-state index contributed by atoms with van der Waals surface area (Å²) in [6.07, 6.45) is 5.43. The van der Waals surface area contributed by atoms with Gasteiger partial charge in [-0.3, -0.25) is 14.0 Å². The lowest BCUT2D eigenvalue weighted by molar-refractivity contribution is -0.122. The van der Waals surface area contributed by atoms with Crippen molar-refractivity contribution in [3.05, 3.63) is 64.8 Å². The summed E-state index contributed by atoms with van der Waals surface area (Å²) in [5, 5.41) is 20.1. The first-order valence-electron chi connectivity index (χ1n) is 10.1. The molecule has 0 aliphatic heterocycles. The summed E-state index contributed by atoms with van der Waals surface area (Å²) in [5.41, 5.74) is 1.12. The molecule has 0 aliphatic rings. The second-order valence-corrected chi connectivity index (χ2v) is 8.11. The second kappa shape index (κ2) is 9.69. The van der Waals surface area contributed by atoms with Gasteiger partial charge in [0.05, 0.1) is 11.4 Å². The van der Waals surface area contributed by atoms with Crippen molar-refractivity contribution in [3.8, 4) is 0 Å². The van der Waals surface area contributed by atoms with Crippen LogP contribution in [0.2, 0.25) is 0 Å². The molecule has 31 heavy (non-hydrogen) atoms. The molecule has 3 aromatic heterocycles. The molecule has 4 aromatic rings. The summed E-state index contributed by atoms with van der Waals surface area (Å²) in [6, 6.07) is 12.6. The number of fused-ring (bicyclic) bond motifs is 2. The Morgan fingerprint density at radius 3 is 2.84 bits per heavy atom. The largest absolute Gasteiger partial charge is 0.346 e. The standard InChI is InChI=1S/C21H23N7O2S/c1-31-14-11-17(20-25-24-18-9-4-5-12-27(18)20)22-19(29)10-6-13-28-21(30)15-7-2-3-8-16(15)23-26-28/h2-5,7-9,12,17H,6,10-11,13-14H2,1H3,(H,22,29)/t17-/m0/s1. The molecule has 1 N–H and O–H groups in total. The summed E-state index contributed by atoms with van der Waals surface area (Å²) in [4.78, 5) is 25.2. The molecule has 3 heterocycles. The average Bonchev–Trinajstić information content (AvgIpc) is 3.22. The van der Waals surface area contributed by atoms with E-state index in [0.29, 0.717) is 23.9 Å². The molecule has 160 valence electrons. The van der Waals surface area contributed by atoms with Crippen molar-refractivity contribution in [1.29, 1.82) is 0 Å². The van der Waals surface area contributed by atoms with E-state index >= 15 is 0 Å². The summed E-state index contributed by atoms with van der Waals surface area (Å²) in [5.74, 6) is 1.50. The fourth-order valence-corrected chi connectivity index (χ4v) is 3.90. The lowest BCUT2D eigenvalue weighted by Crippen LogP contribution is -2.31. The molecule has 0 saturated carbocycles. The molecule has 0 saturated heterocycles. The van der Waals surface area contributed by atoms with Gasteiger partial charge in [0.15, 0.2) is 11.5 Å². The molecular weight excluding hydrogens is 414 g/mol. The van der Waals surface area contributed by atoms with E-state index in [1.54, 1.807) is 30.0 Å². The summed E-state index contributed by atoms with van der Waals surface area (Å²) >= 11 is 1.72. The Balaban J connectivity index is 1.40. The highest BCUT2D eigenvalue weighted by atomic mass is 32.2. The molecule has 1 atom stereocenters. The molecule has 9 nitrogen and oxygen atoms in total. The number of benzene rings is 1. The van der Waals surface area contributed by atoms with Crippen molar-refractivity contribution in [2.45, 2.75) is 31.8 Å². The minimum Gasteiger partial charge on any atom is -0.346 e. The first-order chi connectivity index (χ1) is 15.2. The van der Waals surface area contributed by atoms with E-state index < -0.39 is 0 Å². The number of carbonyl (C=O) groups excluding carboxylic acids is 1. The molecular formula is C21H23N7O2S. The molecule has 0 fully saturated rings. The van der Waals surface area contributed by atoms with E-state index in [1.807, 2.05) is 41.1 Å². The van der Waals surface area contributed by atoms with E-state index in [1.165, 1.54) is 4.68 Å². The maximum Gasteiger partial charge on any atom is 0.277 e. The summed E-state index contributed by atoms with van der Waals surface area (Å²) in [7, 11) is 0. The topological polar surface area (TPSA) is 107 Å². The number of aromatic nitrogens is 6. The van der Waals surface area contributed by atoms with Gasteiger partial charge in [0, 0.05) is 19.2 Å². The van der Waals surface area contributed by atoms with Gasteiger partial charge in [0.25, 0.3) is 5.56 Å². The molecule has 0 bridgehead atoms. The second-order valence-electron chi connectivity index (χ2n) is 7.13. The van der Waals surface area contributed by atoms with Crippen LogP contribution in [0.15, 0.2) is 53.5 Å². The molecule has 10 heteroatoms. The number of aryl methyl sites for hydroxylation is 1. The van der Waals surface area contributed by atoms with E-state index in [-0.39, 0.29) is 23.9 Å². The Kier molecular flexibility index (Phi) is 6.56. The van der Waals surface area contributed by atoms with E-state index in [4.69, 9.17) is 0 Å². The first-order valence-corrected chi connectivity index (χ1v) is 11.5. The van der Waals surface area contributed by atoms with Gasteiger partial charge < -0.3 is 5.32 Å². The molecule has 0 aliphatic carbocycles. The molecule has 1 aromatic carbocycles. The SMILES string of the molecule is CSCC[C@H](NC(=O)CCCn1nnc2ccccc2c1=O)c1nnc2ccccn12. The van der Waals surface area contributed by atoms with Crippen LogP contribution in [0.5, 0.6) is 0 Å². The number of rotatable bonds is 9. The third-order valence-electron chi connectivity index (χ3n) is 5.00. The predicted molar refractivity (Wildman–Crippen MR) is 120 cm³/mol. The van der Waals surface area contributed by atoms with Crippen molar-refractivity contribution in [2.75, 3.05) is 12.0 Å². The Morgan fingerprint density at radius 2 is 1.97 bits per heavy atom. The van der Waals surface area contributed by atoms with E-state index in [0.717, 1.165) is 23.6 Å². The minimum atomic E-state index is -0.236. The maximum absolute atomic E-state index is 12.6. The van der Waals surface area contributed by atoms with Crippen LogP contribution in [0.25, 0.3) is 16.6 Å². The lowest BCUT2D eigenvalue weighted by atomic mass is 10.2. The molecule has 0 radical (unpaired) electrons. The van der Waals surface area contributed by atoms with Crippen LogP contribution in [0.1, 0.15) is 31.1 Å². The minimum absolute atomic E-state index is 0.0967. The number of pyridine rings is 1. The normalized spacial score (nSPS) is 12.3. The molecule has 1 amide bonds. The van der Waals surface area contributed by atoms with Crippen molar-refractivity contribution < 1.29 is 4.79 Å². The van der Waals surface area contributed by atoms with Crippen molar-refractivity contribution >= 4 is 34.2 Å². The predicted octanol–water partition coefficient (Wildman–Crippen LogP) is 2.22. The highest BCUT2D eigenvalue weighted by Crippen LogP contribution is 2.18. The van der Waals surface area contributed by atoms with Crippen LogP contribution in [0.4, 0.5) is 0 Å². The van der Waals surface area contributed by atoms with Gasteiger partial charge in [-0.05, 0) is 49.1 Å². The lowest BCUT2D eigenvalue weighted by Gasteiger charge is -2.17. The van der Waals surface area contributed by atoms with Gasteiger partial charge >= 0.3 is 0 Å². The van der Waals surface area contributed by atoms with Crippen LogP contribution >= 0.6 is 11.8 Å². The average molecular weight is 438 g/mol. The number of nitrogens with one attached hydrogen (secondary N) is 1. The van der Waals surface area contributed by atoms with Gasteiger partial charge in [-0.15, -0.1) is 15.3 Å². The van der Waals surface area contributed by atoms with E-state index in [9.17, 15) is 9.59 Å². The smallest absolute Gasteiger partial charge is 0.277 e. The fraction of sp³-hybridized carbons (Fsp3) is 0.333. The zero-order valence-electron chi connectivity index (χ0n) is 17.1. The molecule has 0 spiro atoms. The Labute approximate surface area is 182 Å². The number of hydrogen-bond acceptors (Lipinski definition) is 7. The van der Waals surface area contributed by atoms with Gasteiger partial charge in [0.2, 0.25) is 5.91 Å². The first kappa shape index (κ1) is 21.0. The third kappa shape index (κ3) is 4.74. The third-order valence-corrected chi connectivity index (χ3v) is 5.64. The van der Waals surface area contributed by atoms with Gasteiger partial charge in [-0.25, -0.2) is 4.68 Å². The van der Waals surface area contributed by atoms with Crippen molar-refractivity contribution in [1.82, 2.24) is 34.9 Å². The number of hydrogen-bond donors (Lipinski definition) is 1. The zero-order chi connectivity index (χ0) is 21.6. The Hall–Kier alpha value is -3.27. The van der Waals surface area contributed by atoms with Crippen LogP contribution < -0.4 is 10.9 Å². The maximum atomic E-state index is 12.6. The van der Waals surface area contributed by atoms with Crippen LogP contribution in [0, 0.1) is 0 Å².